The summed E-state index contributed by atoms with van der Waals surface area (Å²) in [5.41, 5.74) is 1.91. The second-order valence-corrected chi connectivity index (χ2v) is 9.85. The van der Waals surface area contributed by atoms with E-state index in [0.717, 1.165) is 16.0 Å². The van der Waals surface area contributed by atoms with Crippen molar-refractivity contribution < 1.29 is 23.9 Å². The number of anilines is 1. The van der Waals surface area contributed by atoms with Crippen LogP contribution in [0.3, 0.4) is 0 Å². The summed E-state index contributed by atoms with van der Waals surface area (Å²) < 4.78 is 10.4. The van der Waals surface area contributed by atoms with Crippen molar-refractivity contribution in [1.29, 1.82) is 5.26 Å². The van der Waals surface area contributed by atoms with Crippen LogP contribution in [-0.4, -0.2) is 53.9 Å². The largest absolute Gasteiger partial charge is 0.497 e. The smallest absolute Gasteiger partial charge is 0.408 e. The average molecular weight is 527 g/mol. The zero-order chi connectivity index (χ0) is 27.8. The van der Waals surface area contributed by atoms with Crippen molar-refractivity contribution in [3.05, 3.63) is 59.2 Å². The normalized spacial score (nSPS) is 12.5. The molecule has 0 radical (unpaired) electrons. The van der Waals surface area contributed by atoms with Gasteiger partial charge in [-0.2, -0.15) is 17.9 Å². The number of amides is 3. The fourth-order valence-corrected chi connectivity index (χ4v) is 3.85. The highest BCUT2D eigenvalue weighted by Crippen LogP contribution is 2.28. The van der Waals surface area contributed by atoms with Crippen LogP contribution < -0.4 is 15.4 Å². The molecular formula is C27H34N4O5S. The van der Waals surface area contributed by atoms with Gasteiger partial charge in [0.2, 0.25) is 5.91 Å². The van der Waals surface area contributed by atoms with Gasteiger partial charge in [-0.25, -0.2) is 4.79 Å². The van der Waals surface area contributed by atoms with Gasteiger partial charge in [0.1, 0.15) is 30.0 Å². The third kappa shape index (κ3) is 8.43. The van der Waals surface area contributed by atoms with Gasteiger partial charge in [0.25, 0.3) is 5.91 Å². The number of alkyl carbamates (subject to hydrolysis) is 1. The number of thiol groups is 1. The molecule has 198 valence electrons. The van der Waals surface area contributed by atoms with Crippen LogP contribution in [0.25, 0.3) is 0 Å². The van der Waals surface area contributed by atoms with E-state index in [1.165, 1.54) is 0 Å². The summed E-state index contributed by atoms with van der Waals surface area (Å²) in [6, 6.07) is 12.0. The van der Waals surface area contributed by atoms with Crippen molar-refractivity contribution in [1.82, 2.24) is 10.2 Å². The Balaban J connectivity index is 2.49. The highest BCUT2D eigenvalue weighted by molar-refractivity contribution is 7.80. The minimum absolute atomic E-state index is 0.0698. The van der Waals surface area contributed by atoms with E-state index in [2.05, 4.69) is 23.3 Å². The Morgan fingerprint density at radius 2 is 1.76 bits per heavy atom. The van der Waals surface area contributed by atoms with Crippen LogP contribution in [0.15, 0.2) is 42.5 Å². The molecule has 2 rings (SSSR count). The zero-order valence-electron chi connectivity index (χ0n) is 22.0. The lowest BCUT2D eigenvalue weighted by atomic mass is 9.96. The van der Waals surface area contributed by atoms with Crippen LogP contribution in [0.1, 0.15) is 43.5 Å². The predicted octanol–water partition coefficient (Wildman–Crippen LogP) is 4.17. The van der Waals surface area contributed by atoms with Crippen LogP contribution in [0, 0.1) is 25.2 Å². The first-order valence-electron chi connectivity index (χ1n) is 11.7. The Bertz CT molecular complexity index is 1150. The predicted molar refractivity (Wildman–Crippen MR) is 145 cm³/mol. The van der Waals surface area contributed by atoms with E-state index in [0.29, 0.717) is 17.0 Å². The number of ether oxygens (including phenoxy) is 2. The second kappa shape index (κ2) is 13.0. The molecule has 0 saturated carbocycles. The monoisotopic (exact) mass is 526 g/mol. The van der Waals surface area contributed by atoms with Crippen LogP contribution in [-0.2, 0) is 14.3 Å². The molecule has 2 unspecified atom stereocenters. The molecule has 0 spiro atoms. The molecule has 2 atom stereocenters. The van der Waals surface area contributed by atoms with E-state index in [9.17, 15) is 19.6 Å². The SMILES string of the molecule is COc1ccc(NC(=O)C(c2cc(C)ccc2C)N(CC#N)C(=O)C(CS)NC(=O)OC(C)(C)C)cc1. The lowest BCUT2D eigenvalue weighted by molar-refractivity contribution is -0.139. The van der Waals surface area contributed by atoms with Gasteiger partial charge in [-0.3, -0.25) is 9.59 Å². The topological polar surface area (TPSA) is 121 Å². The van der Waals surface area contributed by atoms with Gasteiger partial charge in [-0.05, 0) is 70.0 Å². The maximum absolute atomic E-state index is 13.7. The number of nitrogens with zero attached hydrogens (tertiary/aromatic N) is 2. The molecule has 3 amide bonds. The number of benzene rings is 2. The van der Waals surface area contributed by atoms with E-state index in [1.807, 2.05) is 38.1 Å². The summed E-state index contributed by atoms with van der Waals surface area (Å²) in [6.07, 6.45) is -0.803. The molecule has 0 aliphatic carbocycles. The van der Waals surface area contributed by atoms with E-state index >= 15 is 0 Å². The number of carbonyl (C=O) groups is 3. The summed E-state index contributed by atoms with van der Waals surface area (Å²) >= 11 is 4.23. The number of methoxy groups -OCH3 is 1. The molecule has 2 aromatic carbocycles. The molecular weight excluding hydrogens is 492 g/mol. The molecule has 0 bridgehead atoms. The molecule has 0 heterocycles. The minimum Gasteiger partial charge on any atom is -0.497 e. The van der Waals surface area contributed by atoms with Crippen molar-refractivity contribution in [2.75, 3.05) is 24.7 Å². The Kier molecular flexibility index (Phi) is 10.4. The molecule has 0 aromatic heterocycles. The standard InChI is InChI=1S/C27H34N4O5S/c1-17-7-8-18(2)21(15-17)23(24(32)29-19-9-11-20(35-6)12-10-19)31(14-13-28)25(33)22(16-37)30-26(34)36-27(3,4)5/h7-12,15,22-23,37H,14,16H2,1-6H3,(H,29,32)(H,30,34). The lowest BCUT2D eigenvalue weighted by Gasteiger charge is -2.33. The molecule has 0 saturated heterocycles. The maximum Gasteiger partial charge on any atom is 0.408 e. The number of hydrogen-bond acceptors (Lipinski definition) is 7. The van der Waals surface area contributed by atoms with Crippen molar-refractivity contribution in [3.8, 4) is 11.8 Å². The number of hydrogen-bond donors (Lipinski definition) is 3. The van der Waals surface area contributed by atoms with Crippen molar-refractivity contribution in [3.63, 3.8) is 0 Å². The van der Waals surface area contributed by atoms with E-state index < -0.39 is 42.1 Å². The molecule has 2 aromatic rings. The quantitative estimate of drug-likeness (QED) is 0.333. The summed E-state index contributed by atoms with van der Waals surface area (Å²) in [7, 11) is 1.54. The van der Waals surface area contributed by atoms with Crippen molar-refractivity contribution in [2.24, 2.45) is 0 Å². The van der Waals surface area contributed by atoms with E-state index in [-0.39, 0.29) is 5.75 Å². The first-order valence-corrected chi connectivity index (χ1v) is 12.3. The molecule has 10 heteroatoms. The van der Waals surface area contributed by atoms with Crippen LogP contribution in [0.5, 0.6) is 5.75 Å². The highest BCUT2D eigenvalue weighted by atomic mass is 32.1. The summed E-state index contributed by atoms with van der Waals surface area (Å²) in [4.78, 5) is 40.9. The van der Waals surface area contributed by atoms with Gasteiger partial charge in [-0.15, -0.1) is 0 Å². The Morgan fingerprint density at radius 3 is 2.30 bits per heavy atom. The average Bonchev–Trinajstić information content (AvgIpc) is 2.83. The third-order valence-corrected chi connectivity index (χ3v) is 5.71. The van der Waals surface area contributed by atoms with Crippen LogP contribution in [0.2, 0.25) is 0 Å². The number of nitrogens with one attached hydrogen (secondary N) is 2. The summed E-state index contributed by atoms with van der Waals surface area (Å²) in [5.74, 6) is -0.606. The molecule has 2 N–H and O–H groups in total. The Morgan fingerprint density at radius 1 is 1.11 bits per heavy atom. The number of carbonyl (C=O) groups excluding carboxylic acids is 3. The van der Waals surface area contributed by atoms with Crippen molar-refractivity contribution in [2.45, 2.75) is 52.3 Å². The molecule has 0 aliphatic heterocycles. The minimum atomic E-state index is -1.16. The van der Waals surface area contributed by atoms with Crippen LogP contribution in [0.4, 0.5) is 10.5 Å². The lowest BCUT2D eigenvalue weighted by Crippen LogP contribution is -2.53. The molecule has 0 aliphatic rings. The summed E-state index contributed by atoms with van der Waals surface area (Å²) in [6.45, 7) is 8.41. The van der Waals surface area contributed by atoms with Crippen molar-refractivity contribution >= 4 is 36.2 Å². The highest BCUT2D eigenvalue weighted by Gasteiger charge is 2.36. The van der Waals surface area contributed by atoms with Crippen LogP contribution >= 0.6 is 12.6 Å². The Labute approximate surface area is 223 Å². The van der Waals surface area contributed by atoms with E-state index in [4.69, 9.17) is 9.47 Å². The number of aryl methyl sites for hydroxylation is 2. The first kappa shape index (κ1) is 29.5. The van der Waals surface area contributed by atoms with E-state index in [1.54, 1.807) is 52.1 Å². The fourth-order valence-electron chi connectivity index (χ4n) is 3.60. The first-order chi connectivity index (χ1) is 17.4. The summed E-state index contributed by atoms with van der Waals surface area (Å²) in [5, 5.41) is 14.9. The van der Waals surface area contributed by atoms with Gasteiger partial charge >= 0.3 is 6.09 Å². The van der Waals surface area contributed by atoms with Gasteiger partial charge < -0.3 is 25.0 Å². The van der Waals surface area contributed by atoms with Gasteiger partial charge in [0.15, 0.2) is 0 Å². The fraction of sp³-hybridized carbons (Fsp3) is 0.407. The Hall–Kier alpha value is -3.71. The van der Waals surface area contributed by atoms with Gasteiger partial charge in [-0.1, -0.05) is 23.8 Å². The number of rotatable bonds is 9. The molecule has 0 fully saturated rings. The maximum atomic E-state index is 13.7. The number of nitriles is 1. The second-order valence-electron chi connectivity index (χ2n) is 9.49. The molecule has 9 nitrogen and oxygen atoms in total. The van der Waals surface area contributed by atoms with Gasteiger partial charge in [0, 0.05) is 11.4 Å². The van der Waals surface area contributed by atoms with Gasteiger partial charge in [0.05, 0.1) is 13.2 Å². The zero-order valence-corrected chi connectivity index (χ0v) is 22.9. The molecule has 37 heavy (non-hydrogen) atoms. The third-order valence-electron chi connectivity index (χ3n) is 5.34.